The number of carbonyl (C=O) groups excluding carboxylic acids is 1. The monoisotopic (exact) mass is 343 g/mol. The highest BCUT2D eigenvalue weighted by Crippen LogP contribution is 2.47. The van der Waals surface area contributed by atoms with E-state index in [1.54, 1.807) is 31.2 Å². The number of amides is 1. The molecule has 1 aromatic rings. The molecule has 1 N–H and O–H groups in total. The Hall–Kier alpha value is -1.11. The van der Waals surface area contributed by atoms with Gasteiger partial charge in [0.2, 0.25) is 15.9 Å². The van der Waals surface area contributed by atoms with E-state index in [9.17, 15) is 13.2 Å². The zero-order chi connectivity index (χ0) is 16.0. The average Bonchev–Trinajstić information content (AvgIpc) is 2.98. The minimum atomic E-state index is -3.76. The molecule has 0 spiro atoms. The lowest BCUT2D eigenvalue weighted by Gasteiger charge is -2.29. The predicted molar refractivity (Wildman–Crippen MR) is 82.8 cm³/mol. The maximum atomic E-state index is 12.4. The minimum Gasteiger partial charge on any atom is -0.374 e. The van der Waals surface area contributed by atoms with Crippen molar-refractivity contribution in [3.05, 3.63) is 34.9 Å². The summed E-state index contributed by atoms with van der Waals surface area (Å²) in [7, 11) is -3.76. The van der Waals surface area contributed by atoms with Crippen LogP contribution in [-0.2, 0) is 25.3 Å². The topological polar surface area (TPSA) is 72.5 Å². The second kappa shape index (κ2) is 5.51. The third-order valence-electron chi connectivity index (χ3n) is 4.48. The van der Waals surface area contributed by atoms with Crippen LogP contribution in [0.15, 0.2) is 24.3 Å². The van der Waals surface area contributed by atoms with Crippen LogP contribution in [0.2, 0.25) is 5.02 Å². The molecule has 120 valence electrons. The lowest BCUT2D eigenvalue weighted by molar-refractivity contribution is -0.131. The summed E-state index contributed by atoms with van der Waals surface area (Å²) in [5, 5.41) is 0.465. The van der Waals surface area contributed by atoms with Gasteiger partial charge in [0.15, 0.2) is 0 Å². The molecule has 0 aromatic heterocycles. The summed E-state index contributed by atoms with van der Waals surface area (Å²) in [4.78, 5) is 12.4. The first-order valence-corrected chi connectivity index (χ1v) is 9.26. The molecule has 1 amide bonds. The second-order valence-corrected chi connectivity index (χ2v) is 8.42. The van der Waals surface area contributed by atoms with Gasteiger partial charge in [-0.25, -0.2) is 8.42 Å². The number of hydrogen-bond acceptors (Lipinski definition) is 4. The minimum absolute atomic E-state index is 0.0800. The Balaban J connectivity index is 1.70. The van der Waals surface area contributed by atoms with Crippen molar-refractivity contribution in [1.29, 1.82) is 0 Å². The summed E-state index contributed by atoms with van der Waals surface area (Å²) >= 11 is 5.85. The van der Waals surface area contributed by atoms with Crippen molar-refractivity contribution in [2.75, 3.05) is 0 Å². The molecule has 2 bridgehead atoms. The quantitative estimate of drug-likeness (QED) is 0.910. The molecule has 2 aliphatic heterocycles. The van der Waals surface area contributed by atoms with Crippen LogP contribution in [0.25, 0.3) is 0 Å². The van der Waals surface area contributed by atoms with Crippen LogP contribution < -0.4 is 4.72 Å². The van der Waals surface area contributed by atoms with Crippen LogP contribution in [0, 0.1) is 5.41 Å². The van der Waals surface area contributed by atoms with E-state index in [-0.39, 0.29) is 18.0 Å². The number of rotatable bonds is 4. The molecular weight excluding hydrogens is 326 g/mol. The van der Waals surface area contributed by atoms with Crippen molar-refractivity contribution < 1.29 is 17.9 Å². The molecule has 0 unspecified atom stereocenters. The molecule has 0 radical (unpaired) electrons. The highest BCUT2D eigenvalue weighted by Gasteiger charge is 2.54. The summed E-state index contributed by atoms with van der Waals surface area (Å²) < 4.78 is 32.3. The smallest absolute Gasteiger partial charge is 0.242 e. The van der Waals surface area contributed by atoms with Gasteiger partial charge in [-0.15, -0.1) is 0 Å². The molecule has 3 atom stereocenters. The molecule has 2 aliphatic rings. The van der Waals surface area contributed by atoms with E-state index in [4.69, 9.17) is 16.3 Å². The van der Waals surface area contributed by atoms with E-state index in [1.807, 2.05) is 0 Å². The zero-order valence-electron chi connectivity index (χ0n) is 12.2. The maximum Gasteiger partial charge on any atom is 0.242 e. The average molecular weight is 344 g/mol. The molecule has 7 heteroatoms. The summed E-state index contributed by atoms with van der Waals surface area (Å²) in [6.45, 7) is 1.78. The van der Waals surface area contributed by atoms with Gasteiger partial charge in [-0.3, -0.25) is 9.52 Å². The summed E-state index contributed by atoms with van der Waals surface area (Å²) in [5.41, 5.74) is -0.216. The largest absolute Gasteiger partial charge is 0.374 e. The van der Waals surface area contributed by atoms with E-state index in [1.165, 1.54) is 0 Å². The number of halogens is 1. The van der Waals surface area contributed by atoms with E-state index in [2.05, 4.69) is 4.72 Å². The molecule has 2 heterocycles. The molecule has 1 aromatic carbocycles. The van der Waals surface area contributed by atoms with Gasteiger partial charge in [0.05, 0.1) is 23.4 Å². The fourth-order valence-corrected chi connectivity index (χ4v) is 4.73. The molecule has 0 aliphatic carbocycles. The predicted octanol–water partition coefficient (Wildman–Crippen LogP) is 2.24. The van der Waals surface area contributed by atoms with Crippen LogP contribution in [-0.4, -0.2) is 26.5 Å². The molecule has 3 rings (SSSR count). The van der Waals surface area contributed by atoms with Crippen molar-refractivity contribution in [1.82, 2.24) is 4.72 Å². The highest BCUT2D eigenvalue weighted by atomic mass is 35.5. The van der Waals surface area contributed by atoms with Crippen LogP contribution in [0.3, 0.4) is 0 Å². The zero-order valence-corrected chi connectivity index (χ0v) is 13.8. The van der Waals surface area contributed by atoms with Crippen molar-refractivity contribution in [2.45, 2.75) is 44.1 Å². The number of ether oxygens (including phenoxy) is 1. The van der Waals surface area contributed by atoms with Gasteiger partial charge < -0.3 is 4.74 Å². The Labute approximate surface area is 135 Å². The maximum absolute atomic E-state index is 12.4. The summed E-state index contributed by atoms with van der Waals surface area (Å²) in [6, 6.07) is 6.59. The van der Waals surface area contributed by atoms with Crippen molar-refractivity contribution in [3.63, 3.8) is 0 Å². The normalized spacial score (nSPS) is 30.5. The highest BCUT2D eigenvalue weighted by molar-refractivity contribution is 7.89. The number of carbonyl (C=O) groups is 1. The Bertz CT molecular complexity index is 705. The number of fused-ring (bicyclic) bond motifs is 2. The fraction of sp³-hybridized carbons (Fsp3) is 0.533. The van der Waals surface area contributed by atoms with Crippen molar-refractivity contribution in [2.24, 2.45) is 5.41 Å². The number of sulfonamides is 1. The first kappa shape index (κ1) is 15.8. The van der Waals surface area contributed by atoms with E-state index in [0.29, 0.717) is 17.0 Å². The van der Waals surface area contributed by atoms with Crippen molar-refractivity contribution in [3.8, 4) is 0 Å². The van der Waals surface area contributed by atoms with Gasteiger partial charge in [-0.2, -0.15) is 0 Å². The standard InChI is InChI=1S/C15H18ClNO4S/c1-15(8-12-5-6-13(15)21-12)14(18)17-22(19,20)9-10-3-2-4-11(16)7-10/h2-4,7,12-13H,5-6,8-9H2,1H3,(H,17,18)/t12-,13+,15+/m1/s1. The lowest BCUT2D eigenvalue weighted by atomic mass is 9.75. The van der Waals surface area contributed by atoms with Crippen LogP contribution in [0.1, 0.15) is 31.7 Å². The second-order valence-electron chi connectivity index (χ2n) is 6.27. The Kier molecular flexibility index (Phi) is 3.95. The van der Waals surface area contributed by atoms with Gasteiger partial charge in [0.25, 0.3) is 0 Å². The summed E-state index contributed by atoms with van der Waals surface area (Å²) in [6.07, 6.45) is 2.23. The number of benzene rings is 1. The van der Waals surface area contributed by atoms with Gasteiger partial charge in [-0.05, 0) is 43.9 Å². The molecule has 22 heavy (non-hydrogen) atoms. The summed E-state index contributed by atoms with van der Waals surface area (Å²) in [5.74, 6) is -0.744. The SMILES string of the molecule is C[C@]1(C(=O)NS(=O)(=O)Cc2cccc(Cl)c2)C[C@H]2CC[C@@H]1O2. The van der Waals surface area contributed by atoms with Gasteiger partial charge in [0, 0.05) is 5.02 Å². The van der Waals surface area contributed by atoms with E-state index < -0.39 is 21.3 Å². The number of nitrogens with one attached hydrogen (secondary N) is 1. The van der Waals surface area contributed by atoms with E-state index >= 15 is 0 Å². The van der Waals surface area contributed by atoms with Crippen LogP contribution in [0.5, 0.6) is 0 Å². The van der Waals surface area contributed by atoms with Gasteiger partial charge >= 0.3 is 0 Å². The Morgan fingerprint density at radius 1 is 1.45 bits per heavy atom. The first-order chi connectivity index (χ1) is 10.3. The third-order valence-corrected chi connectivity index (χ3v) is 5.93. The Morgan fingerprint density at radius 2 is 2.23 bits per heavy atom. The first-order valence-electron chi connectivity index (χ1n) is 7.23. The molecule has 5 nitrogen and oxygen atoms in total. The van der Waals surface area contributed by atoms with Crippen LogP contribution >= 0.6 is 11.6 Å². The third kappa shape index (κ3) is 3.00. The molecular formula is C15H18ClNO4S. The lowest BCUT2D eigenvalue weighted by Crippen LogP contribution is -2.47. The van der Waals surface area contributed by atoms with Crippen molar-refractivity contribution >= 4 is 27.5 Å². The Morgan fingerprint density at radius 3 is 2.82 bits per heavy atom. The van der Waals surface area contributed by atoms with E-state index in [0.717, 1.165) is 12.8 Å². The number of hydrogen-bond donors (Lipinski definition) is 1. The van der Waals surface area contributed by atoms with Crippen LogP contribution in [0.4, 0.5) is 0 Å². The van der Waals surface area contributed by atoms with Gasteiger partial charge in [-0.1, -0.05) is 23.7 Å². The molecule has 2 saturated heterocycles. The fourth-order valence-electron chi connectivity index (χ4n) is 3.31. The van der Waals surface area contributed by atoms with Gasteiger partial charge in [0.1, 0.15) is 0 Å². The molecule has 0 saturated carbocycles. The molecule has 2 fully saturated rings.